The molecular weight excluding hydrogens is 271 g/mol. The minimum absolute atomic E-state index is 0.105. The molecule has 6 heteroatoms. The molecule has 1 aromatic carbocycles. The molecule has 2 bridgehead atoms. The van der Waals surface area contributed by atoms with Crippen LogP contribution >= 0.6 is 0 Å². The van der Waals surface area contributed by atoms with Crippen molar-refractivity contribution in [2.45, 2.75) is 44.2 Å². The van der Waals surface area contributed by atoms with Gasteiger partial charge in [0.15, 0.2) is 0 Å². The van der Waals surface area contributed by atoms with Gasteiger partial charge in [0.2, 0.25) is 0 Å². The molecule has 1 aromatic rings. The Morgan fingerprint density at radius 3 is 2.45 bits per heavy atom. The Morgan fingerprint density at radius 1 is 1.10 bits per heavy atom. The number of nitrogens with one attached hydrogen (secondary N) is 1. The van der Waals surface area contributed by atoms with Crippen molar-refractivity contribution in [3.63, 3.8) is 0 Å². The SMILES string of the molecule is FC(F)(F)Oc1ccc(OC2C[C]3CCC(C2)N3)cc1. The number of rotatable bonds is 3. The maximum Gasteiger partial charge on any atom is 0.573 e. The summed E-state index contributed by atoms with van der Waals surface area (Å²) in [7, 11) is 0. The zero-order valence-corrected chi connectivity index (χ0v) is 10.7. The van der Waals surface area contributed by atoms with Crippen LogP contribution in [0.2, 0.25) is 0 Å². The molecule has 2 fully saturated rings. The van der Waals surface area contributed by atoms with E-state index in [-0.39, 0.29) is 11.9 Å². The van der Waals surface area contributed by atoms with Gasteiger partial charge in [-0.2, -0.15) is 0 Å². The van der Waals surface area contributed by atoms with Gasteiger partial charge >= 0.3 is 6.36 Å². The first-order chi connectivity index (χ1) is 9.48. The number of hydrogen-bond acceptors (Lipinski definition) is 3. The summed E-state index contributed by atoms with van der Waals surface area (Å²) in [6, 6.07) is 7.36. The third-order valence-electron chi connectivity index (χ3n) is 3.58. The van der Waals surface area contributed by atoms with Gasteiger partial charge in [-0.15, -0.1) is 13.2 Å². The number of ether oxygens (including phenoxy) is 2. The van der Waals surface area contributed by atoms with Crippen LogP contribution in [0, 0.1) is 6.04 Å². The average molecular weight is 286 g/mol. The number of piperidine rings is 1. The Bertz CT molecular complexity index is 448. The molecule has 0 aliphatic carbocycles. The lowest BCUT2D eigenvalue weighted by Gasteiger charge is -2.29. The Labute approximate surface area is 115 Å². The van der Waals surface area contributed by atoms with Gasteiger partial charge < -0.3 is 14.8 Å². The minimum Gasteiger partial charge on any atom is -0.490 e. The van der Waals surface area contributed by atoms with Crippen molar-refractivity contribution in [3.8, 4) is 11.5 Å². The molecule has 0 saturated carbocycles. The summed E-state index contributed by atoms with van der Waals surface area (Å²) in [5, 5.41) is 3.43. The van der Waals surface area contributed by atoms with Crippen molar-refractivity contribution < 1.29 is 22.6 Å². The maximum absolute atomic E-state index is 12.0. The predicted molar refractivity (Wildman–Crippen MR) is 66.2 cm³/mol. The van der Waals surface area contributed by atoms with Gasteiger partial charge in [0, 0.05) is 18.5 Å². The van der Waals surface area contributed by atoms with E-state index >= 15 is 0 Å². The molecule has 0 spiro atoms. The summed E-state index contributed by atoms with van der Waals surface area (Å²) in [6.07, 6.45) is -0.501. The highest BCUT2D eigenvalue weighted by Gasteiger charge is 2.35. The summed E-state index contributed by atoms with van der Waals surface area (Å²) in [6.45, 7) is 0. The quantitative estimate of drug-likeness (QED) is 0.923. The highest BCUT2D eigenvalue weighted by atomic mass is 19.4. The molecule has 1 radical (unpaired) electrons. The highest BCUT2D eigenvalue weighted by Crippen LogP contribution is 2.34. The second kappa shape index (κ2) is 5.16. The van der Waals surface area contributed by atoms with Crippen LogP contribution in [0.25, 0.3) is 0 Å². The molecule has 2 unspecified atom stereocenters. The summed E-state index contributed by atoms with van der Waals surface area (Å²) in [5.74, 6) is 0.344. The Kier molecular flexibility index (Phi) is 3.50. The zero-order chi connectivity index (χ0) is 14.2. The van der Waals surface area contributed by atoms with Crippen LogP contribution in [0.1, 0.15) is 25.7 Å². The first kappa shape index (κ1) is 13.5. The Balaban J connectivity index is 1.58. The van der Waals surface area contributed by atoms with E-state index in [2.05, 4.69) is 10.1 Å². The molecule has 20 heavy (non-hydrogen) atoms. The molecule has 109 valence electrons. The van der Waals surface area contributed by atoms with E-state index in [0.717, 1.165) is 25.7 Å². The second-order valence-corrected chi connectivity index (χ2v) is 5.18. The van der Waals surface area contributed by atoms with E-state index < -0.39 is 6.36 Å². The van der Waals surface area contributed by atoms with E-state index in [1.54, 1.807) is 0 Å². The normalized spacial score (nSPS) is 26.6. The average Bonchev–Trinajstić information content (AvgIpc) is 2.70. The smallest absolute Gasteiger partial charge is 0.490 e. The van der Waals surface area contributed by atoms with E-state index in [0.29, 0.717) is 11.8 Å². The molecule has 2 aliphatic heterocycles. The van der Waals surface area contributed by atoms with Gasteiger partial charge in [0.1, 0.15) is 17.6 Å². The van der Waals surface area contributed by atoms with Crippen LogP contribution in [-0.4, -0.2) is 18.5 Å². The van der Waals surface area contributed by atoms with E-state index in [1.165, 1.54) is 30.3 Å². The van der Waals surface area contributed by atoms with E-state index in [9.17, 15) is 13.2 Å². The first-order valence-electron chi connectivity index (χ1n) is 6.62. The number of fused-ring (bicyclic) bond motifs is 2. The van der Waals surface area contributed by atoms with Gasteiger partial charge in [-0.3, -0.25) is 0 Å². The van der Waals surface area contributed by atoms with Crippen molar-refractivity contribution in [3.05, 3.63) is 30.3 Å². The van der Waals surface area contributed by atoms with Crippen LogP contribution in [0.4, 0.5) is 13.2 Å². The lowest BCUT2D eigenvalue weighted by atomic mass is 10.0. The van der Waals surface area contributed by atoms with Crippen LogP contribution in [0.15, 0.2) is 24.3 Å². The fourth-order valence-electron chi connectivity index (χ4n) is 2.80. The Morgan fingerprint density at radius 2 is 1.80 bits per heavy atom. The molecule has 3 nitrogen and oxygen atoms in total. The molecule has 1 N–H and O–H groups in total. The summed E-state index contributed by atoms with van der Waals surface area (Å²) in [5.41, 5.74) is 0. The summed E-state index contributed by atoms with van der Waals surface area (Å²) >= 11 is 0. The van der Waals surface area contributed by atoms with Crippen LogP contribution in [0.5, 0.6) is 11.5 Å². The molecule has 2 heterocycles. The topological polar surface area (TPSA) is 30.5 Å². The van der Waals surface area contributed by atoms with E-state index in [4.69, 9.17) is 4.74 Å². The van der Waals surface area contributed by atoms with Gasteiger partial charge in [-0.05, 0) is 43.5 Å². The van der Waals surface area contributed by atoms with E-state index in [1.807, 2.05) is 0 Å². The fraction of sp³-hybridized carbons (Fsp3) is 0.500. The largest absolute Gasteiger partial charge is 0.573 e. The van der Waals surface area contributed by atoms with Crippen molar-refractivity contribution in [1.82, 2.24) is 5.32 Å². The number of benzene rings is 1. The highest BCUT2D eigenvalue weighted by molar-refractivity contribution is 5.31. The predicted octanol–water partition coefficient (Wildman–Crippen LogP) is 3.41. The second-order valence-electron chi connectivity index (χ2n) is 5.18. The van der Waals surface area contributed by atoms with Crippen LogP contribution in [-0.2, 0) is 0 Å². The minimum atomic E-state index is -4.66. The summed E-state index contributed by atoms with van der Waals surface area (Å²) < 4.78 is 45.8. The molecule has 3 rings (SSSR count). The molecule has 0 aromatic heterocycles. The van der Waals surface area contributed by atoms with Gasteiger partial charge in [0.05, 0.1) is 0 Å². The molecule has 2 saturated heterocycles. The molecule has 2 atom stereocenters. The Hall–Kier alpha value is -1.43. The number of halogens is 3. The monoisotopic (exact) mass is 286 g/mol. The zero-order valence-electron chi connectivity index (χ0n) is 10.7. The van der Waals surface area contributed by atoms with Crippen molar-refractivity contribution >= 4 is 0 Å². The maximum atomic E-state index is 12.0. The standard InChI is InChI=1S/C14H15F3NO2/c15-14(16,17)20-12-5-3-11(4-6-12)19-13-7-9-1-2-10(8-13)18-9/h3-6,9,13,18H,1-2,7-8H2. The van der Waals surface area contributed by atoms with Crippen LogP contribution in [0.3, 0.4) is 0 Å². The lowest BCUT2D eigenvalue weighted by Crippen LogP contribution is -2.38. The fourth-order valence-corrected chi connectivity index (χ4v) is 2.80. The summed E-state index contributed by atoms with van der Waals surface area (Å²) in [4.78, 5) is 0. The van der Waals surface area contributed by atoms with Gasteiger partial charge in [0.25, 0.3) is 0 Å². The number of alkyl halides is 3. The molecular formula is C14H15F3NO2. The first-order valence-corrected chi connectivity index (χ1v) is 6.62. The van der Waals surface area contributed by atoms with Crippen molar-refractivity contribution in [2.75, 3.05) is 0 Å². The third-order valence-corrected chi connectivity index (χ3v) is 3.58. The lowest BCUT2D eigenvalue weighted by molar-refractivity contribution is -0.274. The molecule has 2 aliphatic rings. The van der Waals surface area contributed by atoms with Gasteiger partial charge in [-0.25, -0.2) is 0 Å². The van der Waals surface area contributed by atoms with Crippen molar-refractivity contribution in [2.24, 2.45) is 0 Å². The van der Waals surface area contributed by atoms with Crippen molar-refractivity contribution in [1.29, 1.82) is 0 Å². The van der Waals surface area contributed by atoms with Crippen LogP contribution < -0.4 is 14.8 Å². The number of hydrogen-bond donors (Lipinski definition) is 1. The third kappa shape index (κ3) is 3.36. The van der Waals surface area contributed by atoms with Gasteiger partial charge in [-0.1, -0.05) is 0 Å². The molecule has 0 amide bonds.